The van der Waals surface area contributed by atoms with Crippen molar-refractivity contribution in [2.45, 2.75) is 26.4 Å². The summed E-state index contributed by atoms with van der Waals surface area (Å²) >= 11 is 4.02. The van der Waals surface area contributed by atoms with Gasteiger partial charge in [0.05, 0.1) is 13.7 Å². The van der Waals surface area contributed by atoms with Gasteiger partial charge in [-0.15, -0.1) is 0 Å². The molecule has 0 fully saturated rings. The van der Waals surface area contributed by atoms with Gasteiger partial charge in [0.1, 0.15) is 24.7 Å². The third kappa shape index (κ3) is 5.37. The fourth-order valence-corrected chi connectivity index (χ4v) is 1.99. The molecule has 1 atom stereocenters. The van der Waals surface area contributed by atoms with Crippen molar-refractivity contribution in [1.29, 1.82) is 0 Å². The standard InChI is InChI=1S/C12H20N4O4S/c1-8-13-6-11(15-19-3)16(8)4-5-20-12(18)10(7-21)14-9(2)17/h6,10,15,21H,4-5,7H2,1-3H3,(H,14,17)/p+1. The lowest BCUT2D eigenvalue weighted by Crippen LogP contribution is -2.77. The molecule has 0 radical (unpaired) electrons. The maximum atomic E-state index is 11.8. The Balaban J connectivity index is 2.51. The van der Waals surface area contributed by atoms with E-state index in [9.17, 15) is 9.59 Å². The largest absolute Gasteiger partial charge is 0.462 e. The van der Waals surface area contributed by atoms with Crippen molar-refractivity contribution in [3.63, 3.8) is 0 Å². The molecule has 0 spiro atoms. The summed E-state index contributed by atoms with van der Waals surface area (Å²) in [6.07, 6.45) is 1.68. The number of carbonyl (C=O) groups excluding carboxylic acids is 2. The van der Waals surface area contributed by atoms with Gasteiger partial charge in [-0.1, -0.05) is 0 Å². The fraction of sp³-hybridized carbons (Fsp3) is 0.583. The Hall–Kier alpha value is -1.58. The average molecular weight is 317 g/mol. The lowest BCUT2D eigenvalue weighted by Gasteiger charge is -2.15. The Morgan fingerprint density at radius 3 is 2.86 bits per heavy atom. The maximum Gasteiger partial charge on any atom is 0.329 e. The molecule has 0 aliphatic rings. The number of ether oxygens (including phenoxy) is 1. The summed E-state index contributed by atoms with van der Waals surface area (Å²) in [5.41, 5.74) is 1.57. The Bertz CT molecular complexity index is 492. The van der Waals surface area contributed by atoms with E-state index >= 15 is 0 Å². The molecular weight excluding hydrogens is 296 g/mol. The molecule has 1 amide bonds. The number of amides is 1. The van der Waals surface area contributed by atoms with Crippen LogP contribution in [0.1, 0.15) is 12.7 Å². The molecular formula is C12H21N4O4S+. The first-order chi connectivity index (χ1) is 9.99. The molecule has 0 saturated carbocycles. The lowest BCUT2D eigenvalue weighted by atomic mass is 10.3. The number of nitrogens with zero attached hydrogens (tertiary/aromatic N) is 2. The van der Waals surface area contributed by atoms with Gasteiger partial charge < -0.3 is 10.1 Å². The number of aryl methyl sites for hydroxylation is 1. The molecule has 0 aliphatic heterocycles. The highest BCUT2D eigenvalue weighted by Gasteiger charge is 2.19. The van der Waals surface area contributed by atoms with Crippen LogP contribution in [0.25, 0.3) is 0 Å². The Kier molecular flexibility index (Phi) is 7.20. The van der Waals surface area contributed by atoms with Crippen molar-refractivity contribution in [3.05, 3.63) is 12.0 Å². The Labute approximate surface area is 128 Å². The van der Waals surface area contributed by atoms with Crippen molar-refractivity contribution in [2.24, 2.45) is 0 Å². The molecule has 1 unspecified atom stereocenters. The van der Waals surface area contributed by atoms with Gasteiger partial charge in [0.2, 0.25) is 5.91 Å². The van der Waals surface area contributed by atoms with Crippen molar-refractivity contribution >= 4 is 30.3 Å². The first-order valence-corrected chi connectivity index (χ1v) is 7.05. The minimum atomic E-state index is -0.736. The van der Waals surface area contributed by atoms with Crippen LogP contribution < -0.4 is 10.8 Å². The van der Waals surface area contributed by atoms with E-state index in [1.54, 1.807) is 18.8 Å². The van der Waals surface area contributed by atoms with Crippen molar-refractivity contribution < 1.29 is 24.6 Å². The van der Waals surface area contributed by atoms with Crippen LogP contribution in [0.2, 0.25) is 0 Å². The molecule has 0 aliphatic carbocycles. The Morgan fingerprint density at radius 1 is 1.57 bits per heavy atom. The summed E-state index contributed by atoms with van der Waals surface area (Å²) in [5, 5.41) is 2.48. The quantitative estimate of drug-likeness (QED) is 0.322. The number of carbonyl (C=O) groups is 2. The zero-order chi connectivity index (χ0) is 15.8. The van der Waals surface area contributed by atoms with Crippen LogP contribution in [0.5, 0.6) is 0 Å². The zero-order valence-corrected chi connectivity index (χ0v) is 13.2. The molecule has 1 aromatic rings. The number of hydrogen-bond acceptors (Lipinski definition) is 6. The van der Waals surface area contributed by atoms with Gasteiger partial charge >= 0.3 is 5.97 Å². The van der Waals surface area contributed by atoms with Gasteiger partial charge in [-0.3, -0.25) is 9.36 Å². The minimum absolute atomic E-state index is 0.171. The van der Waals surface area contributed by atoms with E-state index in [4.69, 9.17) is 9.57 Å². The van der Waals surface area contributed by atoms with E-state index in [-0.39, 0.29) is 18.3 Å². The molecule has 0 aromatic carbocycles. The van der Waals surface area contributed by atoms with E-state index in [2.05, 4.69) is 22.9 Å². The second kappa shape index (κ2) is 8.65. The number of nitrogens with two attached hydrogens (primary N) is 1. The second-order valence-electron chi connectivity index (χ2n) is 4.34. The van der Waals surface area contributed by atoms with Gasteiger partial charge in [0, 0.05) is 12.7 Å². The highest BCUT2D eigenvalue weighted by Crippen LogP contribution is 2.05. The van der Waals surface area contributed by atoms with Crippen molar-refractivity contribution in [2.75, 3.05) is 19.5 Å². The highest BCUT2D eigenvalue weighted by molar-refractivity contribution is 7.80. The molecule has 8 nitrogen and oxygen atoms in total. The van der Waals surface area contributed by atoms with Crippen molar-refractivity contribution in [1.82, 2.24) is 14.9 Å². The van der Waals surface area contributed by atoms with E-state index in [1.807, 2.05) is 11.5 Å². The lowest BCUT2D eigenvalue weighted by molar-refractivity contribution is -0.833. The van der Waals surface area contributed by atoms with Crippen LogP contribution in [-0.2, 0) is 25.7 Å². The smallest absolute Gasteiger partial charge is 0.329 e. The summed E-state index contributed by atoms with van der Waals surface area (Å²) < 4.78 is 7.02. The SMILES string of the molecule is CO[NH2+]c1cnc(C)n1CCOC(=O)C(CS)NC(C)=O. The number of thiol groups is 1. The predicted molar refractivity (Wildman–Crippen MR) is 78.0 cm³/mol. The number of quaternary nitrogens is 1. The van der Waals surface area contributed by atoms with Gasteiger partial charge in [-0.25, -0.2) is 14.6 Å². The number of hydrogen-bond donors (Lipinski definition) is 3. The molecule has 1 aromatic heterocycles. The number of rotatable bonds is 8. The highest BCUT2D eigenvalue weighted by atomic mass is 32.1. The predicted octanol–water partition coefficient (Wildman–Crippen LogP) is -1.07. The Morgan fingerprint density at radius 2 is 2.29 bits per heavy atom. The summed E-state index contributed by atoms with van der Waals surface area (Å²) in [7, 11) is 1.55. The number of nitrogens with one attached hydrogen (secondary N) is 1. The van der Waals surface area contributed by atoms with Crippen LogP contribution in [0.4, 0.5) is 5.82 Å². The normalized spacial score (nSPS) is 12.0. The van der Waals surface area contributed by atoms with Gasteiger partial charge in [0.25, 0.3) is 5.82 Å². The first kappa shape index (κ1) is 17.5. The summed E-state index contributed by atoms with van der Waals surface area (Å²) in [6, 6.07) is -0.736. The van der Waals surface area contributed by atoms with Crippen LogP contribution in [-0.4, -0.2) is 46.9 Å². The summed E-state index contributed by atoms with van der Waals surface area (Å²) in [4.78, 5) is 31.9. The third-order valence-corrected chi connectivity index (χ3v) is 3.09. The molecule has 3 N–H and O–H groups in total. The van der Waals surface area contributed by atoms with Crippen LogP contribution in [0.15, 0.2) is 6.20 Å². The van der Waals surface area contributed by atoms with E-state index in [0.717, 1.165) is 11.6 Å². The number of aromatic nitrogens is 2. The second-order valence-corrected chi connectivity index (χ2v) is 4.70. The maximum absolute atomic E-state index is 11.8. The molecule has 9 heteroatoms. The molecule has 1 rings (SSSR count). The van der Waals surface area contributed by atoms with E-state index in [1.165, 1.54) is 6.92 Å². The number of esters is 1. The average Bonchev–Trinajstić information content (AvgIpc) is 2.77. The fourth-order valence-electron chi connectivity index (χ4n) is 1.75. The van der Waals surface area contributed by atoms with E-state index < -0.39 is 12.0 Å². The van der Waals surface area contributed by atoms with Crippen LogP contribution in [0, 0.1) is 6.92 Å². The number of imidazole rings is 1. The monoisotopic (exact) mass is 317 g/mol. The molecule has 118 valence electrons. The van der Waals surface area contributed by atoms with Gasteiger partial charge in [-0.05, 0) is 6.92 Å². The van der Waals surface area contributed by atoms with Crippen LogP contribution in [0.3, 0.4) is 0 Å². The van der Waals surface area contributed by atoms with Gasteiger partial charge in [0.15, 0.2) is 0 Å². The topological polar surface area (TPSA) is 99.1 Å². The minimum Gasteiger partial charge on any atom is -0.462 e. The van der Waals surface area contributed by atoms with Crippen LogP contribution >= 0.6 is 12.6 Å². The third-order valence-electron chi connectivity index (χ3n) is 2.73. The summed E-state index contributed by atoms with van der Waals surface area (Å²) in [5.74, 6) is 0.967. The summed E-state index contributed by atoms with van der Waals surface area (Å²) in [6.45, 7) is 3.81. The molecule has 1 heterocycles. The van der Waals surface area contributed by atoms with Gasteiger partial charge in [-0.2, -0.15) is 18.1 Å². The van der Waals surface area contributed by atoms with E-state index in [0.29, 0.717) is 6.54 Å². The molecule has 0 saturated heterocycles. The molecule has 0 bridgehead atoms. The zero-order valence-electron chi connectivity index (χ0n) is 12.3. The van der Waals surface area contributed by atoms with Crippen molar-refractivity contribution in [3.8, 4) is 0 Å². The molecule has 21 heavy (non-hydrogen) atoms. The first-order valence-electron chi connectivity index (χ1n) is 6.42.